The van der Waals surface area contributed by atoms with E-state index >= 15 is 0 Å². The fraction of sp³-hybridized carbons (Fsp3) is 0.0870. The molecule has 0 radical (unpaired) electrons. The highest BCUT2D eigenvalue weighted by Crippen LogP contribution is 2.41. The quantitative estimate of drug-likeness (QED) is 0.453. The Morgan fingerprint density at radius 1 is 0.897 bits per heavy atom. The monoisotopic (exact) mass is 405 g/mol. The number of aryl methyl sites for hydroxylation is 1. The van der Waals surface area contributed by atoms with Crippen LogP contribution < -0.4 is 4.74 Å². The van der Waals surface area contributed by atoms with Crippen molar-refractivity contribution in [2.24, 2.45) is 0 Å². The molecule has 3 aromatic carbocycles. The summed E-state index contributed by atoms with van der Waals surface area (Å²) in [6.45, 7) is 1.86. The fourth-order valence-electron chi connectivity index (χ4n) is 3.67. The number of methoxy groups -OCH3 is 1. The molecule has 0 saturated heterocycles. The molecule has 0 amide bonds. The summed E-state index contributed by atoms with van der Waals surface area (Å²) in [6, 6.07) is 20.6. The van der Waals surface area contributed by atoms with Crippen LogP contribution in [0.5, 0.6) is 5.75 Å². The SMILES string of the molecule is COc1cccc(C=O)c1-c1c(C)c2ccccc2n1S(=O)(=O)c1ccccc1. The van der Waals surface area contributed by atoms with Crippen molar-refractivity contribution < 1.29 is 17.9 Å². The third-order valence-electron chi connectivity index (χ3n) is 5.01. The van der Waals surface area contributed by atoms with Gasteiger partial charge in [-0.25, -0.2) is 12.4 Å². The molecule has 4 rings (SSSR count). The van der Waals surface area contributed by atoms with Gasteiger partial charge in [0.05, 0.1) is 28.8 Å². The Morgan fingerprint density at radius 3 is 2.28 bits per heavy atom. The number of nitrogens with zero attached hydrogens (tertiary/aromatic N) is 1. The van der Waals surface area contributed by atoms with Gasteiger partial charge in [-0.1, -0.05) is 48.5 Å². The highest BCUT2D eigenvalue weighted by Gasteiger charge is 2.28. The summed E-state index contributed by atoms with van der Waals surface area (Å²) < 4.78 is 34.2. The predicted molar refractivity (Wildman–Crippen MR) is 113 cm³/mol. The van der Waals surface area contributed by atoms with Gasteiger partial charge < -0.3 is 4.74 Å². The van der Waals surface area contributed by atoms with Gasteiger partial charge in [0.1, 0.15) is 5.75 Å². The van der Waals surface area contributed by atoms with Crippen molar-refractivity contribution in [3.63, 3.8) is 0 Å². The first-order chi connectivity index (χ1) is 14.0. The second kappa shape index (κ2) is 7.22. The average molecular weight is 405 g/mol. The van der Waals surface area contributed by atoms with Crippen LogP contribution in [0, 0.1) is 6.92 Å². The molecule has 146 valence electrons. The topological polar surface area (TPSA) is 65.4 Å². The lowest BCUT2D eigenvalue weighted by Gasteiger charge is -2.16. The van der Waals surface area contributed by atoms with Crippen molar-refractivity contribution >= 4 is 27.2 Å². The van der Waals surface area contributed by atoms with Crippen molar-refractivity contribution in [1.29, 1.82) is 0 Å². The van der Waals surface area contributed by atoms with Crippen LogP contribution in [0.4, 0.5) is 0 Å². The first-order valence-electron chi connectivity index (χ1n) is 9.04. The minimum Gasteiger partial charge on any atom is -0.496 e. The Labute approximate surface area is 169 Å². The van der Waals surface area contributed by atoms with E-state index in [0.717, 1.165) is 10.9 Å². The van der Waals surface area contributed by atoms with Crippen LogP contribution in [0.15, 0.2) is 77.7 Å². The van der Waals surface area contributed by atoms with Crippen molar-refractivity contribution in [2.45, 2.75) is 11.8 Å². The van der Waals surface area contributed by atoms with Gasteiger partial charge in [-0.2, -0.15) is 0 Å². The standard InChI is InChI=1S/C23H19NO4S/c1-16-19-12-6-7-13-20(19)24(29(26,27)18-10-4-3-5-11-18)23(16)22-17(15-25)9-8-14-21(22)28-2/h3-15H,1-2H3. The largest absolute Gasteiger partial charge is 0.496 e. The minimum atomic E-state index is -3.93. The lowest BCUT2D eigenvalue weighted by molar-refractivity contribution is 0.112. The summed E-state index contributed by atoms with van der Waals surface area (Å²) in [7, 11) is -2.43. The molecule has 0 unspecified atom stereocenters. The van der Waals surface area contributed by atoms with Gasteiger partial charge in [0, 0.05) is 10.9 Å². The number of benzene rings is 3. The van der Waals surface area contributed by atoms with Gasteiger partial charge in [0.2, 0.25) is 0 Å². The van der Waals surface area contributed by atoms with E-state index in [-0.39, 0.29) is 4.90 Å². The molecule has 0 spiro atoms. The molecule has 0 bridgehead atoms. The number of ether oxygens (including phenoxy) is 1. The minimum absolute atomic E-state index is 0.171. The number of hydrogen-bond acceptors (Lipinski definition) is 4. The maximum atomic E-state index is 13.7. The third kappa shape index (κ3) is 2.93. The molecule has 1 heterocycles. The molecule has 29 heavy (non-hydrogen) atoms. The molecule has 0 aliphatic heterocycles. The maximum absolute atomic E-state index is 13.7. The first kappa shape index (κ1) is 19.0. The predicted octanol–water partition coefficient (Wildman–Crippen LogP) is 4.67. The van der Waals surface area contributed by atoms with E-state index in [1.54, 1.807) is 60.7 Å². The Hall–Kier alpha value is -3.38. The van der Waals surface area contributed by atoms with E-state index in [4.69, 9.17) is 4.74 Å². The molecule has 0 atom stereocenters. The summed E-state index contributed by atoms with van der Waals surface area (Å²) in [5, 5.41) is 0.796. The van der Waals surface area contributed by atoms with Crippen LogP contribution in [-0.4, -0.2) is 25.8 Å². The Morgan fingerprint density at radius 2 is 1.59 bits per heavy atom. The highest BCUT2D eigenvalue weighted by molar-refractivity contribution is 7.90. The molecule has 0 aliphatic carbocycles. The molecular weight excluding hydrogens is 386 g/mol. The van der Waals surface area contributed by atoms with E-state index in [2.05, 4.69) is 0 Å². The zero-order valence-corrected chi connectivity index (χ0v) is 16.8. The summed E-state index contributed by atoms with van der Waals surface area (Å²) in [6.07, 6.45) is 0.717. The fourth-order valence-corrected chi connectivity index (χ4v) is 5.27. The summed E-state index contributed by atoms with van der Waals surface area (Å²) >= 11 is 0. The Balaban J connectivity index is 2.20. The third-order valence-corrected chi connectivity index (χ3v) is 6.74. The van der Waals surface area contributed by atoms with Crippen molar-refractivity contribution in [3.05, 3.63) is 83.9 Å². The number of aromatic nitrogens is 1. The molecule has 0 aliphatic rings. The van der Waals surface area contributed by atoms with Crippen molar-refractivity contribution in [1.82, 2.24) is 3.97 Å². The summed E-state index contributed by atoms with van der Waals surface area (Å²) in [5.74, 6) is 0.435. The molecular formula is C23H19NO4S. The van der Waals surface area contributed by atoms with Gasteiger partial charge in [-0.05, 0) is 36.8 Å². The number of aldehydes is 1. The van der Waals surface area contributed by atoms with Gasteiger partial charge in [-0.15, -0.1) is 0 Å². The van der Waals surface area contributed by atoms with Gasteiger partial charge in [0.25, 0.3) is 10.0 Å². The summed E-state index contributed by atoms with van der Waals surface area (Å²) in [5.41, 5.74) is 2.55. The number of hydrogen-bond donors (Lipinski definition) is 0. The van der Waals surface area contributed by atoms with Crippen molar-refractivity contribution in [2.75, 3.05) is 7.11 Å². The number of rotatable bonds is 5. The second-order valence-corrected chi connectivity index (χ2v) is 8.40. The number of para-hydroxylation sites is 1. The average Bonchev–Trinajstić information content (AvgIpc) is 3.06. The van der Waals surface area contributed by atoms with Crippen LogP contribution in [0.2, 0.25) is 0 Å². The zero-order valence-electron chi connectivity index (χ0n) is 16.0. The van der Waals surface area contributed by atoms with E-state index in [9.17, 15) is 13.2 Å². The Bertz CT molecular complexity index is 1320. The molecule has 1 aromatic heterocycles. The van der Waals surface area contributed by atoms with E-state index in [1.807, 2.05) is 19.1 Å². The van der Waals surface area contributed by atoms with E-state index in [0.29, 0.717) is 34.4 Å². The van der Waals surface area contributed by atoms with Crippen LogP contribution in [0.25, 0.3) is 22.2 Å². The molecule has 5 nitrogen and oxygen atoms in total. The Kier molecular flexibility index (Phi) is 4.72. The normalized spacial score (nSPS) is 11.5. The molecule has 0 N–H and O–H groups in total. The maximum Gasteiger partial charge on any atom is 0.268 e. The number of fused-ring (bicyclic) bond motifs is 1. The van der Waals surface area contributed by atoms with Gasteiger partial charge in [0.15, 0.2) is 6.29 Å². The van der Waals surface area contributed by atoms with Crippen LogP contribution in [0.3, 0.4) is 0 Å². The van der Waals surface area contributed by atoms with Crippen LogP contribution in [-0.2, 0) is 10.0 Å². The van der Waals surface area contributed by atoms with Gasteiger partial charge >= 0.3 is 0 Å². The van der Waals surface area contributed by atoms with Crippen LogP contribution >= 0.6 is 0 Å². The highest BCUT2D eigenvalue weighted by atomic mass is 32.2. The molecule has 0 saturated carbocycles. The van der Waals surface area contributed by atoms with Gasteiger partial charge in [-0.3, -0.25) is 4.79 Å². The first-order valence-corrected chi connectivity index (χ1v) is 10.5. The molecule has 6 heteroatoms. The summed E-state index contributed by atoms with van der Waals surface area (Å²) in [4.78, 5) is 12.0. The van der Waals surface area contributed by atoms with Crippen LogP contribution in [0.1, 0.15) is 15.9 Å². The lowest BCUT2D eigenvalue weighted by atomic mass is 10.0. The molecule has 4 aromatic rings. The smallest absolute Gasteiger partial charge is 0.268 e. The zero-order chi connectivity index (χ0) is 20.6. The number of carbonyl (C=O) groups is 1. The van der Waals surface area contributed by atoms with E-state index in [1.165, 1.54) is 11.1 Å². The number of carbonyl (C=O) groups excluding carboxylic acids is 1. The van der Waals surface area contributed by atoms with E-state index < -0.39 is 10.0 Å². The molecule has 0 fully saturated rings. The van der Waals surface area contributed by atoms with Crippen molar-refractivity contribution in [3.8, 4) is 17.0 Å². The lowest BCUT2D eigenvalue weighted by Crippen LogP contribution is -2.15. The second-order valence-electron chi connectivity index (χ2n) is 6.62.